The van der Waals surface area contributed by atoms with Gasteiger partial charge in [-0.3, -0.25) is 9.79 Å². The highest BCUT2D eigenvalue weighted by atomic mass is 28.3. The van der Waals surface area contributed by atoms with Crippen LogP contribution in [0.25, 0.3) is 0 Å². The van der Waals surface area contributed by atoms with Crippen LogP contribution < -0.4 is 56.7 Å². The van der Waals surface area contributed by atoms with Crippen LogP contribution >= 0.6 is 0 Å². The van der Waals surface area contributed by atoms with Crippen molar-refractivity contribution < 1.29 is 23.9 Å². The first kappa shape index (κ1) is 54.0. The number of aliphatic imine (C=N–C) groups is 1. The van der Waals surface area contributed by atoms with Crippen molar-refractivity contribution >= 4 is 83.3 Å². The highest BCUT2D eigenvalue weighted by Crippen LogP contribution is 2.28. The normalized spacial score (nSPS) is 13.9. The van der Waals surface area contributed by atoms with E-state index in [1.807, 2.05) is 94.0 Å². The number of anilines is 4. The first-order valence-corrected chi connectivity index (χ1v) is 29.0. The Bertz CT molecular complexity index is 2320. The van der Waals surface area contributed by atoms with Crippen LogP contribution in [0.5, 0.6) is 0 Å². The van der Waals surface area contributed by atoms with Crippen LogP contribution in [0.15, 0.2) is 77.8 Å². The van der Waals surface area contributed by atoms with Gasteiger partial charge in [0, 0.05) is 121 Å². The van der Waals surface area contributed by atoms with E-state index in [9.17, 15) is 14.4 Å². The van der Waals surface area contributed by atoms with E-state index in [2.05, 4.69) is 133 Å². The van der Waals surface area contributed by atoms with E-state index in [1.165, 1.54) is 43.2 Å². The maximum Gasteiger partial charge on any atom is 0.407 e. The van der Waals surface area contributed by atoms with E-state index in [0.29, 0.717) is 26.2 Å². The number of ether oxygens (including phenoxy) is 2. The molecule has 2 aliphatic rings. The number of nitrogens with zero attached hydrogens (tertiary/aromatic N) is 5. The van der Waals surface area contributed by atoms with E-state index in [-0.39, 0.29) is 5.78 Å². The standard InChI is InChI=1S/C26H38N4O2Si.C19H24N2OSi.C7H16N2O2/c1-26(2,3)32-25(31)28-15-14-27-24-20-12-10-18(29(4)5)16-22(20)33(8,9)23-17-19(30(6)7)11-13-21(23)24;1-20(2)13-7-9-15-17(11-13)23(5,6)18-12-14(21(3)4)8-10-16(18)19(15)22;1-7(2,3)11-6(10)9-5-4-8/h10-13,16-17H,14-15H2,1-9H3,(H,28,31);7-12H,1-6H3;4-5,8H2,1-3H3,(H,9,10). The second-order valence-electron chi connectivity index (χ2n) is 21.0. The van der Waals surface area contributed by atoms with Crippen LogP contribution in [0.4, 0.5) is 32.3 Å². The second kappa shape index (κ2) is 21.5. The average Bonchev–Trinajstić information content (AvgIpc) is 3.23. The lowest BCUT2D eigenvalue weighted by molar-refractivity contribution is 0.0518. The monoisotopic (exact) mass is 951 g/mol. The summed E-state index contributed by atoms with van der Waals surface area (Å²) >= 11 is 0. The van der Waals surface area contributed by atoms with Crippen LogP contribution in [0, 0.1) is 0 Å². The van der Waals surface area contributed by atoms with Gasteiger partial charge in [0.25, 0.3) is 0 Å². The number of benzene rings is 4. The molecule has 0 spiro atoms. The Labute approximate surface area is 403 Å². The molecule has 67 heavy (non-hydrogen) atoms. The van der Waals surface area contributed by atoms with Gasteiger partial charge in [-0.25, -0.2) is 9.59 Å². The lowest BCUT2D eigenvalue weighted by atomic mass is 10.00. The molecule has 0 atom stereocenters. The van der Waals surface area contributed by atoms with Crippen molar-refractivity contribution in [1.82, 2.24) is 10.6 Å². The number of carbonyl (C=O) groups excluding carboxylic acids is 3. The SMILES string of the molecule is CC(C)(C)OC(=O)NCCN.CN(C)c1ccc2c(c1)[Si](C)(C)c1cc(N(C)C)ccc1C2=NCCNC(=O)OC(C)(C)C.CN(C)c1ccc2c(c1)[Si](C)(C)c1cc(N(C)C)ccc1C2=O. The number of carbonyl (C=O) groups is 3. The summed E-state index contributed by atoms with van der Waals surface area (Å²) in [6.45, 7) is 22.3. The fourth-order valence-corrected chi connectivity index (χ4v) is 14.1. The van der Waals surface area contributed by atoms with Gasteiger partial charge < -0.3 is 45.4 Å². The predicted octanol–water partition coefficient (Wildman–Crippen LogP) is 5.97. The topological polar surface area (TPSA) is 145 Å². The number of amides is 2. The second-order valence-corrected chi connectivity index (χ2v) is 29.6. The van der Waals surface area contributed by atoms with Gasteiger partial charge >= 0.3 is 12.2 Å². The van der Waals surface area contributed by atoms with Crippen molar-refractivity contribution in [1.29, 1.82) is 0 Å². The minimum atomic E-state index is -1.94. The van der Waals surface area contributed by atoms with Gasteiger partial charge in [0.1, 0.15) is 27.3 Å². The molecular formula is C52H78N8O5Si2. The smallest absolute Gasteiger partial charge is 0.407 e. The molecule has 4 aromatic carbocycles. The molecule has 0 aromatic heterocycles. The highest BCUT2D eigenvalue weighted by molar-refractivity contribution is 7.03. The molecule has 364 valence electrons. The van der Waals surface area contributed by atoms with Gasteiger partial charge in [0.2, 0.25) is 0 Å². The van der Waals surface area contributed by atoms with Crippen molar-refractivity contribution in [3.8, 4) is 0 Å². The molecule has 4 aromatic rings. The lowest BCUT2D eigenvalue weighted by Gasteiger charge is -2.36. The first-order chi connectivity index (χ1) is 31.0. The summed E-state index contributed by atoms with van der Waals surface area (Å²) in [5.74, 6) is 0.164. The van der Waals surface area contributed by atoms with Crippen molar-refractivity contribution in [3.63, 3.8) is 0 Å². The third kappa shape index (κ3) is 13.5. The maximum absolute atomic E-state index is 13.0. The Morgan fingerprint density at radius 3 is 1.13 bits per heavy atom. The summed E-state index contributed by atoms with van der Waals surface area (Å²) in [5, 5.41) is 10.6. The maximum atomic E-state index is 13.0. The fourth-order valence-electron chi connectivity index (χ4n) is 8.00. The first-order valence-electron chi connectivity index (χ1n) is 23.0. The summed E-state index contributed by atoms with van der Waals surface area (Å²) in [7, 11) is 12.6. The number of nitrogens with two attached hydrogens (primary N) is 1. The number of ketones is 1. The predicted molar refractivity (Wildman–Crippen MR) is 288 cm³/mol. The number of nitrogens with one attached hydrogen (secondary N) is 2. The van der Waals surface area contributed by atoms with E-state index >= 15 is 0 Å². The van der Waals surface area contributed by atoms with E-state index in [1.54, 1.807) is 0 Å². The molecule has 0 aliphatic carbocycles. The molecule has 2 amide bonds. The van der Waals surface area contributed by atoms with Gasteiger partial charge in [-0.1, -0.05) is 38.3 Å². The summed E-state index contributed by atoms with van der Waals surface area (Å²) in [6.07, 6.45) is -0.824. The Kier molecular flexibility index (Phi) is 17.3. The Balaban J connectivity index is 0.000000249. The van der Waals surface area contributed by atoms with Crippen LogP contribution in [0.2, 0.25) is 26.2 Å². The minimum Gasteiger partial charge on any atom is -0.444 e. The lowest BCUT2D eigenvalue weighted by Crippen LogP contribution is -2.60. The van der Waals surface area contributed by atoms with Crippen LogP contribution in [-0.2, 0) is 9.47 Å². The van der Waals surface area contributed by atoms with Gasteiger partial charge in [-0.2, -0.15) is 0 Å². The molecular weight excluding hydrogens is 873 g/mol. The molecule has 2 heterocycles. The van der Waals surface area contributed by atoms with E-state index in [0.717, 1.165) is 28.2 Å². The van der Waals surface area contributed by atoms with Crippen LogP contribution in [0.3, 0.4) is 0 Å². The molecule has 0 fully saturated rings. The molecule has 0 saturated heterocycles. The fraction of sp³-hybridized carbons (Fsp3) is 0.462. The summed E-state index contributed by atoms with van der Waals surface area (Å²) in [5.41, 5.74) is 14.1. The van der Waals surface area contributed by atoms with Gasteiger partial charge in [0.05, 0.1) is 12.3 Å². The number of rotatable bonds is 9. The summed E-state index contributed by atoms with van der Waals surface area (Å²) in [6, 6.07) is 25.9. The number of hydrogen-bond donors (Lipinski definition) is 3. The van der Waals surface area contributed by atoms with Crippen LogP contribution in [0.1, 0.15) is 68.6 Å². The van der Waals surface area contributed by atoms with E-state index < -0.39 is 39.5 Å². The molecule has 4 N–H and O–H groups in total. The zero-order valence-electron chi connectivity index (χ0n) is 43.6. The Hall–Kier alpha value is -5.65. The van der Waals surface area contributed by atoms with Gasteiger partial charge in [0.15, 0.2) is 5.78 Å². The number of hydrogen-bond acceptors (Lipinski definition) is 11. The van der Waals surface area contributed by atoms with Gasteiger partial charge in [-0.15, -0.1) is 0 Å². The average molecular weight is 951 g/mol. The Morgan fingerprint density at radius 2 is 0.836 bits per heavy atom. The third-order valence-corrected chi connectivity index (χ3v) is 18.7. The zero-order valence-corrected chi connectivity index (χ0v) is 45.6. The van der Waals surface area contributed by atoms with Crippen molar-refractivity contribution in [3.05, 3.63) is 95.1 Å². The van der Waals surface area contributed by atoms with Crippen LogP contribution in [-0.4, -0.2) is 134 Å². The number of fused-ring (bicyclic) bond motifs is 4. The largest absolute Gasteiger partial charge is 0.444 e. The molecule has 13 nitrogen and oxygen atoms in total. The highest BCUT2D eigenvalue weighted by Gasteiger charge is 2.40. The zero-order chi connectivity index (χ0) is 50.4. The quantitative estimate of drug-likeness (QED) is 0.136. The molecule has 0 unspecified atom stereocenters. The molecule has 0 radical (unpaired) electrons. The molecule has 6 rings (SSSR count). The number of alkyl carbamates (subject to hydrolysis) is 2. The van der Waals surface area contributed by atoms with Crippen molar-refractivity contribution in [2.75, 3.05) is 102 Å². The molecule has 0 saturated carbocycles. The molecule has 0 bridgehead atoms. The third-order valence-electron chi connectivity index (χ3n) is 11.6. The molecule has 2 aliphatic heterocycles. The van der Waals surface area contributed by atoms with Crippen molar-refractivity contribution in [2.45, 2.75) is 78.9 Å². The van der Waals surface area contributed by atoms with E-state index in [4.69, 9.17) is 20.2 Å². The molecule has 15 heteroatoms. The van der Waals surface area contributed by atoms with Gasteiger partial charge in [-0.05, 0) is 123 Å². The summed E-state index contributed by atoms with van der Waals surface area (Å²) < 4.78 is 10.3. The minimum absolute atomic E-state index is 0.164. The Morgan fingerprint density at radius 1 is 0.537 bits per heavy atom. The summed E-state index contributed by atoms with van der Waals surface area (Å²) in [4.78, 5) is 49.3. The van der Waals surface area contributed by atoms with Crippen molar-refractivity contribution in [2.24, 2.45) is 10.7 Å².